The van der Waals surface area contributed by atoms with Gasteiger partial charge < -0.3 is 15.2 Å². The maximum Gasteiger partial charge on any atom is 0.123 e. The zero-order valence-corrected chi connectivity index (χ0v) is 19.9. The summed E-state index contributed by atoms with van der Waals surface area (Å²) in [5, 5.41) is 4.32. The normalized spacial score (nSPS) is 19.7. The fourth-order valence-electron chi connectivity index (χ4n) is 5.41. The molecule has 2 heterocycles. The Morgan fingerprint density at radius 1 is 0.943 bits per heavy atom. The van der Waals surface area contributed by atoms with Crippen LogP contribution in [0.25, 0.3) is 0 Å². The molecule has 2 unspecified atom stereocenters. The van der Waals surface area contributed by atoms with Gasteiger partial charge in [0.25, 0.3) is 0 Å². The van der Waals surface area contributed by atoms with E-state index in [1.165, 1.54) is 23.8 Å². The van der Waals surface area contributed by atoms with Gasteiger partial charge in [-0.25, -0.2) is 8.78 Å². The largest absolute Gasteiger partial charge is 0.337 e. The molecule has 0 amide bonds. The predicted octanol–water partition coefficient (Wildman–Crippen LogP) is 6.22. The van der Waals surface area contributed by atoms with Crippen molar-refractivity contribution >= 4 is 17.6 Å². The molecule has 1 N–H and O–H groups in total. The number of hydrogen-bond acceptors (Lipinski definition) is 4. The third-order valence-corrected chi connectivity index (χ3v) is 7.11. The number of benzene rings is 3. The van der Waals surface area contributed by atoms with E-state index in [1.54, 1.807) is 6.07 Å². The van der Waals surface area contributed by atoms with Gasteiger partial charge in [0.2, 0.25) is 0 Å². The van der Waals surface area contributed by atoms with Gasteiger partial charge in [-0.3, -0.25) is 0 Å². The Bertz CT molecular complexity index is 1130. The molecule has 0 spiro atoms. The van der Waals surface area contributed by atoms with Crippen LogP contribution >= 0.6 is 0 Å². The predicted molar refractivity (Wildman–Crippen MR) is 138 cm³/mol. The van der Waals surface area contributed by atoms with E-state index in [2.05, 4.69) is 32.5 Å². The summed E-state index contributed by atoms with van der Waals surface area (Å²) < 4.78 is 27.7. The Hall–Kier alpha value is -3.25. The number of hydrazone groups is 1. The molecule has 35 heavy (non-hydrogen) atoms. The first-order valence-corrected chi connectivity index (χ1v) is 12.5. The van der Waals surface area contributed by atoms with E-state index in [1.807, 2.05) is 42.6 Å². The van der Waals surface area contributed by atoms with E-state index in [0.717, 1.165) is 68.8 Å². The van der Waals surface area contributed by atoms with Crippen molar-refractivity contribution in [1.29, 1.82) is 0 Å². The smallest absolute Gasteiger partial charge is 0.123 e. The van der Waals surface area contributed by atoms with Crippen molar-refractivity contribution in [3.8, 4) is 0 Å². The molecule has 0 radical (unpaired) electrons. The van der Waals surface area contributed by atoms with Crippen molar-refractivity contribution in [2.75, 3.05) is 24.5 Å². The first-order chi connectivity index (χ1) is 17.2. The monoisotopic (exact) mass is 474 g/mol. The van der Waals surface area contributed by atoms with Crippen LogP contribution in [0.2, 0.25) is 0 Å². The van der Waals surface area contributed by atoms with E-state index in [0.29, 0.717) is 0 Å². The van der Waals surface area contributed by atoms with E-state index in [4.69, 9.17) is 0 Å². The highest BCUT2D eigenvalue weighted by molar-refractivity contribution is 5.73. The van der Waals surface area contributed by atoms with Crippen molar-refractivity contribution in [1.82, 2.24) is 10.3 Å². The number of likely N-dealkylation sites (tertiary alicyclic amines) is 1. The minimum absolute atomic E-state index is 0.194. The minimum atomic E-state index is -0.240. The second-order valence-electron chi connectivity index (χ2n) is 9.44. The molecule has 2 aliphatic heterocycles. The average molecular weight is 475 g/mol. The van der Waals surface area contributed by atoms with E-state index in [-0.39, 0.29) is 23.6 Å². The lowest BCUT2D eigenvalue weighted by Crippen LogP contribution is -2.45. The van der Waals surface area contributed by atoms with Crippen molar-refractivity contribution in [2.24, 2.45) is 5.10 Å². The summed E-state index contributed by atoms with van der Waals surface area (Å²) in [6, 6.07) is 22.3. The lowest BCUT2D eigenvalue weighted by Gasteiger charge is -2.39. The second-order valence-corrected chi connectivity index (χ2v) is 9.44. The molecule has 0 saturated carbocycles. The third-order valence-electron chi connectivity index (χ3n) is 7.11. The second kappa shape index (κ2) is 11.0. The summed E-state index contributed by atoms with van der Waals surface area (Å²) in [6.45, 7) is 3.72. The van der Waals surface area contributed by atoms with Crippen molar-refractivity contribution in [3.63, 3.8) is 0 Å². The molecule has 0 aliphatic carbocycles. The highest BCUT2D eigenvalue weighted by Crippen LogP contribution is 2.48. The molecule has 1 saturated heterocycles. The first kappa shape index (κ1) is 23.5. The van der Waals surface area contributed by atoms with Crippen LogP contribution in [0.1, 0.15) is 42.7 Å². The number of rotatable bonds is 9. The fourth-order valence-corrected chi connectivity index (χ4v) is 5.41. The van der Waals surface area contributed by atoms with Crippen LogP contribution in [0.15, 0.2) is 77.9 Å². The molecule has 4 nitrogen and oxygen atoms in total. The summed E-state index contributed by atoms with van der Waals surface area (Å²) in [5.41, 5.74) is 7.42. The van der Waals surface area contributed by atoms with Gasteiger partial charge in [-0.15, -0.1) is 0 Å². The molecule has 0 aromatic heterocycles. The number of nitrogens with one attached hydrogen (secondary N) is 1. The number of halogens is 2. The molecule has 0 bridgehead atoms. The molecular weight excluding hydrogens is 442 g/mol. The van der Waals surface area contributed by atoms with Crippen LogP contribution in [0.5, 0.6) is 0 Å². The fraction of sp³-hybridized carbons (Fsp3) is 0.345. The van der Waals surface area contributed by atoms with Crippen molar-refractivity contribution < 1.29 is 8.78 Å². The van der Waals surface area contributed by atoms with E-state index >= 15 is 0 Å². The van der Waals surface area contributed by atoms with Crippen LogP contribution in [0.4, 0.5) is 20.2 Å². The van der Waals surface area contributed by atoms with Crippen molar-refractivity contribution in [2.45, 2.75) is 44.2 Å². The molecule has 1 fully saturated rings. The topological polar surface area (TPSA) is 30.9 Å². The lowest BCUT2D eigenvalue weighted by atomic mass is 9.89. The maximum absolute atomic E-state index is 14.2. The molecule has 3 aromatic rings. The summed E-state index contributed by atoms with van der Waals surface area (Å²) in [4.78, 5) is 4.80. The molecule has 6 heteroatoms. The van der Waals surface area contributed by atoms with Gasteiger partial charge in [0.05, 0.1) is 6.54 Å². The van der Waals surface area contributed by atoms with Crippen LogP contribution in [-0.4, -0.2) is 36.8 Å². The van der Waals surface area contributed by atoms with Gasteiger partial charge in [-0.05, 0) is 85.8 Å². The average Bonchev–Trinajstić information content (AvgIpc) is 3.19. The molecule has 5 rings (SSSR count). The highest BCUT2D eigenvalue weighted by Gasteiger charge is 2.42. The Morgan fingerprint density at radius 2 is 1.74 bits per heavy atom. The number of nitrogens with zero attached hydrogens (tertiary/aromatic N) is 3. The molecule has 3 aromatic carbocycles. The standard InChI is InChI=1S/C29H32F2N4/c30-23-9-12-25(13-10-23)35-28-14-11-24(31)19-26(28)27-21-34(18-15-29(27)35)17-6-2-5-16-32-33-20-22-7-3-1-4-8-22/h1,3-4,7-14,16,19,27,29,33H,2,5-6,15,17-18,20-21H2. The van der Waals surface area contributed by atoms with Crippen LogP contribution in [0, 0.1) is 11.6 Å². The van der Waals surface area contributed by atoms with Crippen LogP contribution in [-0.2, 0) is 6.54 Å². The third kappa shape index (κ3) is 5.54. The SMILES string of the molecule is Fc1ccc(N2c3ccc(F)cc3C3CN(CCCCC=NNCc4ccccc4)CCC32)cc1. The Kier molecular flexibility index (Phi) is 7.38. The van der Waals surface area contributed by atoms with Crippen LogP contribution < -0.4 is 10.3 Å². The summed E-state index contributed by atoms with van der Waals surface area (Å²) in [6.07, 6.45) is 6.12. The van der Waals surface area contributed by atoms with Crippen LogP contribution in [0.3, 0.4) is 0 Å². The minimum Gasteiger partial charge on any atom is -0.337 e. The highest BCUT2D eigenvalue weighted by atomic mass is 19.1. The number of fused-ring (bicyclic) bond motifs is 3. The number of anilines is 2. The lowest BCUT2D eigenvalue weighted by molar-refractivity contribution is 0.194. The van der Waals surface area contributed by atoms with Crippen molar-refractivity contribution in [3.05, 3.63) is 95.6 Å². The maximum atomic E-state index is 14.2. The summed E-state index contributed by atoms with van der Waals surface area (Å²) in [5.74, 6) is -0.181. The summed E-state index contributed by atoms with van der Waals surface area (Å²) >= 11 is 0. The quantitative estimate of drug-likeness (QED) is 0.227. The van der Waals surface area contributed by atoms with Gasteiger partial charge in [-0.2, -0.15) is 5.10 Å². The number of unbranched alkanes of at least 4 members (excludes halogenated alkanes) is 2. The number of piperidine rings is 1. The summed E-state index contributed by atoms with van der Waals surface area (Å²) in [7, 11) is 0. The molecule has 182 valence electrons. The first-order valence-electron chi connectivity index (χ1n) is 12.5. The zero-order chi connectivity index (χ0) is 24.0. The van der Waals surface area contributed by atoms with E-state index in [9.17, 15) is 8.78 Å². The Labute approximate surface area is 206 Å². The molecular formula is C29H32F2N4. The van der Waals surface area contributed by atoms with Gasteiger partial charge in [0.1, 0.15) is 11.6 Å². The van der Waals surface area contributed by atoms with Gasteiger partial charge in [0, 0.05) is 42.6 Å². The molecule has 2 atom stereocenters. The zero-order valence-electron chi connectivity index (χ0n) is 19.9. The van der Waals surface area contributed by atoms with Gasteiger partial charge >= 0.3 is 0 Å². The Morgan fingerprint density at radius 3 is 2.57 bits per heavy atom. The molecule has 2 aliphatic rings. The number of hydrogen-bond donors (Lipinski definition) is 1. The van der Waals surface area contributed by atoms with Gasteiger partial charge in [-0.1, -0.05) is 30.3 Å². The van der Waals surface area contributed by atoms with Gasteiger partial charge in [0.15, 0.2) is 0 Å². The van der Waals surface area contributed by atoms with E-state index < -0.39 is 0 Å². The Balaban J connectivity index is 1.13.